The molecule has 1 amide bonds. The number of carbonyl (C=O) groups excluding carboxylic acids is 1. The Bertz CT molecular complexity index is 1170. The topological polar surface area (TPSA) is 226 Å². The number of amides is 1. The molecule has 1 rings (SSSR count). The van der Waals surface area contributed by atoms with Crippen molar-refractivity contribution in [1.82, 2.24) is 5.32 Å². The van der Waals surface area contributed by atoms with E-state index in [9.17, 15) is 50.0 Å². The van der Waals surface area contributed by atoms with E-state index in [0.29, 0.717) is 12.8 Å². The number of nitrogens with one attached hydrogen (secondary N) is 1. The van der Waals surface area contributed by atoms with Crippen LogP contribution in [0.3, 0.4) is 0 Å². The molecule has 8 atom stereocenters. The zero-order valence-electron chi connectivity index (χ0n) is 41.2. The van der Waals surface area contributed by atoms with Crippen molar-refractivity contribution in [3.63, 3.8) is 0 Å². The van der Waals surface area contributed by atoms with E-state index in [1.807, 2.05) is 0 Å². The second kappa shape index (κ2) is 40.9. The summed E-state index contributed by atoms with van der Waals surface area (Å²) in [7, 11) is -5.12. The monoisotopic (exact) mass is 950 g/mol. The maximum absolute atomic E-state index is 13.1. The third-order valence-electron chi connectivity index (χ3n) is 13.1. The molecule has 0 saturated heterocycles. The van der Waals surface area contributed by atoms with E-state index in [1.54, 1.807) is 0 Å². The molecule has 0 aromatic carbocycles. The van der Waals surface area contributed by atoms with E-state index in [2.05, 4.69) is 31.3 Å². The van der Waals surface area contributed by atoms with E-state index >= 15 is 0 Å². The number of carbonyl (C=O) groups is 1. The largest absolute Gasteiger partial charge is 0.472 e. The number of phosphoric ester groups is 1. The Labute approximate surface area is 395 Å². The van der Waals surface area contributed by atoms with Crippen LogP contribution < -0.4 is 5.32 Å². The summed E-state index contributed by atoms with van der Waals surface area (Å²) >= 11 is 0. The number of hydrogen-bond donors (Lipinski definition) is 9. The molecule has 9 N–H and O–H groups in total. The minimum atomic E-state index is -5.12. The fraction of sp³-hybridized carbons (Fsp3) is 0.941. The lowest BCUT2D eigenvalue weighted by molar-refractivity contribution is -0.220. The van der Waals surface area contributed by atoms with E-state index < -0.39 is 75.2 Å². The zero-order valence-corrected chi connectivity index (χ0v) is 42.1. The number of hydrogen-bond acceptors (Lipinski definition) is 11. The van der Waals surface area contributed by atoms with Crippen LogP contribution in [-0.2, 0) is 18.4 Å². The SMILES string of the molecule is CCCCCCCCCCCCCC/C=C\CCCCCCCC(O)CC(=O)NC(COP(=O)(O)OC1C(O)C(O)C(O)C(O)C1O)C(O)CCCCCCCCCCCCCCCC. The van der Waals surface area contributed by atoms with Crippen LogP contribution in [0, 0.1) is 0 Å². The summed E-state index contributed by atoms with van der Waals surface area (Å²) in [5.41, 5.74) is 0. The van der Waals surface area contributed by atoms with Gasteiger partial charge in [-0.1, -0.05) is 212 Å². The molecular weight excluding hydrogens is 850 g/mol. The second-order valence-corrected chi connectivity index (χ2v) is 20.7. The van der Waals surface area contributed by atoms with Crippen molar-refractivity contribution < 1.29 is 59.0 Å². The first kappa shape index (κ1) is 62.1. The summed E-state index contributed by atoms with van der Waals surface area (Å²) in [4.78, 5) is 23.5. The standard InChI is InChI=1S/C51H100NO12P/c1-3-5-7-9-11-13-15-17-19-20-21-22-23-24-25-26-28-30-32-34-36-38-42(53)40-45(55)52-43(41-63-65(61,62)64-51-49(59)47(57)46(56)48(58)50(51)60)44(54)39-37-35-33-31-29-27-18-16-14-12-10-8-6-4-2/h24-25,42-44,46-51,53-54,56-60H,3-23,26-41H2,1-2H3,(H,52,55)(H,61,62)/b25-24-. The van der Waals surface area contributed by atoms with Crippen LogP contribution in [0.1, 0.15) is 245 Å². The lowest BCUT2D eigenvalue weighted by Gasteiger charge is -2.41. The second-order valence-electron chi connectivity index (χ2n) is 19.3. The van der Waals surface area contributed by atoms with Gasteiger partial charge in [0.2, 0.25) is 5.91 Å². The molecule has 13 nitrogen and oxygen atoms in total. The maximum atomic E-state index is 13.1. The van der Waals surface area contributed by atoms with Crippen molar-refractivity contribution in [3.8, 4) is 0 Å². The molecule has 0 radical (unpaired) electrons. The lowest BCUT2D eigenvalue weighted by Crippen LogP contribution is -2.64. The van der Waals surface area contributed by atoms with Crippen molar-refractivity contribution >= 4 is 13.7 Å². The summed E-state index contributed by atoms with van der Waals surface area (Å²) in [6.07, 6.45) is 31.1. The van der Waals surface area contributed by atoms with Crippen molar-refractivity contribution in [2.45, 2.75) is 300 Å². The smallest absolute Gasteiger partial charge is 0.393 e. The molecule has 0 heterocycles. The van der Waals surface area contributed by atoms with E-state index in [4.69, 9.17) is 9.05 Å². The summed E-state index contributed by atoms with van der Waals surface area (Å²) in [6, 6.07) is -1.15. The molecule has 0 aliphatic heterocycles. The molecule has 1 aliphatic carbocycles. The Morgan fingerprint density at radius 1 is 0.523 bits per heavy atom. The number of allylic oxidation sites excluding steroid dienone is 2. The van der Waals surface area contributed by atoms with Gasteiger partial charge in [0.15, 0.2) is 0 Å². The van der Waals surface area contributed by atoms with Gasteiger partial charge in [-0.2, -0.15) is 0 Å². The Balaban J connectivity index is 2.41. The van der Waals surface area contributed by atoms with Crippen LogP contribution in [0.15, 0.2) is 12.2 Å². The van der Waals surface area contributed by atoms with Gasteiger partial charge in [-0.05, 0) is 38.5 Å². The van der Waals surface area contributed by atoms with Gasteiger partial charge >= 0.3 is 7.82 Å². The Morgan fingerprint density at radius 2 is 0.862 bits per heavy atom. The molecule has 0 aromatic rings. The number of aliphatic hydroxyl groups excluding tert-OH is 7. The molecule has 386 valence electrons. The van der Waals surface area contributed by atoms with Crippen LogP contribution in [0.2, 0.25) is 0 Å². The van der Waals surface area contributed by atoms with Gasteiger partial charge in [0.25, 0.3) is 0 Å². The Hall–Kier alpha value is -0.960. The van der Waals surface area contributed by atoms with Crippen molar-refractivity contribution in [3.05, 3.63) is 12.2 Å². The van der Waals surface area contributed by atoms with Crippen molar-refractivity contribution in [1.29, 1.82) is 0 Å². The van der Waals surface area contributed by atoms with Crippen molar-refractivity contribution in [2.24, 2.45) is 0 Å². The zero-order chi connectivity index (χ0) is 48.0. The van der Waals surface area contributed by atoms with Crippen LogP contribution >= 0.6 is 7.82 Å². The molecule has 1 saturated carbocycles. The van der Waals surface area contributed by atoms with Crippen molar-refractivity contribution in [2.75, 3.05) is 6.61 Å². The highest BCUT2D eigenvalue weighted by molar-refractivity contribution is 7.47. The van der Waals surface area contributed by atoms with E-state index in [0.717, 1.165) is 70.6 Å². The quantitative estimate of drug-likeness (QED) is 0.0158. The van der Waals surface area contributed by atoms with Gasteiger partial charge in [-0.15, -0.1) is 0 Å². The van der Waals surface area contributed by atoms with Crippen LogP contribution in [0.5, 0.6) is 0 Å². The highest BCUT2D eigenvalue weighted by Crippen LogP contribution is 2.47. The molecule has 65 heavy (non-hydrogen) atoms. The summed E-state index contributed by atoms with van der Waals surface area (Å²) in [5.74, 6) is -0.562. The predicted octanol–water partition coefficient (Wildman–Crippen LogP) is 10.2. The molecular formula is C51H100NO12P. The number of rotatable bonds is 45. The fourth-order valence-corrected chi connectivity index (χ4v) is 9.74. The Morgan fingerprint density at radius 3 is 1.26 bits per heavy atom. The summed E-state index contributed by atoms with van der Waals surface area (Å²) in [6.45, 7) is 3.81. The van der Waals surface area contributed by atoms with Gasteiger partial charge in [0.1, 0.15) is 36.6 Å². The molecule has 0 spiro atoms. The van der Waals surface area contributed by atoms with Gasteiger partial charge in [0, 0.05) is 0 Å². The molecule has 1 aliphatic rings. The number of aliphatic hydroxyl groups is 7. The first-order valence-corrected chi connectivity index (χ1v) is 28.2. The average molecular weight is 950 g/mol. The van der Waals surface area contributed by atoms with Crippen LogP contribution in [-0.4, -0.2) is 108 Å². The minimum Gasteiger partial charge on any atom is -0.393 e. The first-order chi connectivity index (χ1) is 31.3. The number of unbranched alkanes of at least 4 members (excludes halogenated alkanes) is 30. The summed E-state index contributed by atoms with van der Waals surface area (Å²) < 4.78 is 23.0. The predicted molar refractivity (Wildman–Crippen MR) is 261 cm³/mol. The van der Waals surface area contributed by atoms with Gasteiger partial charge in [-0.3, -0.25) is 13.8 Å². The first-order valence-electron chi connectivity index (χ1n) is 26.7. The molecule has 8 unspecified atom stereocenters. The van der Waals surface area contributed by atoms with Gasteiger partial charge in [0.05, 0.1) is 31.3 Å². The van der Waals surface area contributed by atoms with E-state index in [-0.39, 0.29) is 12.8 Å². The highest BCUT2D eigenvalue weighted by Gasteiger charge is 2.51. The molecule has 14 heteroatoms. The minimum absolute atomic E-state index is 0.224. The fourth-order valence-electron chi connectivity index (χ4n) is 8.77. The number of phosphoric acid groups is 1. The Kier molecular flexibility index (Phi) is 39.0. The average Bonchev–Trinajstić information content (AvgIpc) is 3.28. The van der Waals surface area contributed by atoms with E-state index in [1.165, 1.54) is 135 Å². The molecule has 1 fully saturated rings. The van der Waals surface area contributed by atoms with Crippen LogP contribution in [0.4, 0.5) is 0 Å². The van der Waals surface area contributed by atoms with Crippen LogP contribution in [0.25, 0.3) is 0 Å². The third-order valence-corrected chi connectivity index (χ3v) is 14.1. The van der Waals surface area contributed by atoms with Gasteiger partial charge in [-0.25, -0.2) is 4.57 Å². The lowest BCUT2D eigenvalue weighted by atomic mass is 9.85. The van der Waals surface area contributed by atoms with Gasteiger partial charge < -0.3 is 46.0 Å². The summed E-state index contributed by atoms with van der Waals surface area (Å²) in [5, 5.41) is 74.8. The maximum Gasteiger partial charge on any atom is 0.472 e. The molecule has 0 bridgehead atoms. The molecule has 0 aromatic heterocycles. The normalized spacial score (nSPS) is 22.6. The highest BCUT2D eigenvalue weighted by atomic mass is 31.2. The third kappa shape index (κ3) is 32.5.